The number of nitrogens with zero attached hydrogens (tertiary/aromatic N) is 1. The van der Waals surface area contributed by atoms with Crippen molar-refractivity contribution < 1.29 is 0 Å². The molecule has 0 radical (unpaired) electrons. The minimum absolute atomic E-state index is 0.571. The van der Waals surface area contributed by atoms with Crippen LogP contribution in [0.2, 0.25) is 0 Å². The first-order valence-corrected chi connectivity index (χ1v) is 18.6. The SMILES string of the molecule is CC1(C)C2CCCCC2N(C2CCCC3C4CCC5SC6CCCCC6C5C4SC32)C2CCCCC21. The zero-order chi connectivity index (χ0) is 24.0. The minimum Gasteiger partial charge on any atom is -0.293 e. The first kappa shape index (κ1) is 24.5. The van der Waals surface area contributed by atoms with E-state index in [0.717, 1.165) is 74.6 Å². The van der Waals surface area contributed by atoms with Crippen molar-refractivity contribution >= 4 is 23.5 Å². The predicted octanol–water partition coefficient (Wildman–Crippen LogP) is 8.80. The quantitative estimate of drug-likeness (QED) is 0.335. The largest absolute Gasteiger partial charge is 0.293 e. The molecule has 0 aromatic heterocycles. The number of likely N-dealkylation sites (tertiary alicyclic amines) is 1. The highest BCUT2D eigenvalue weighted by molar-refractivity contribution is 8.02. The average molecular weight is 528 g/mol. The maximum Gasteiger partial charge on any atom is 0.0237 e. The maximum absolute atomic E-state index is 3.37. The zero-order valence-corrected chi connectivity index (χ0v) is 24.9. The fraction of sp³-hybridized carbons (Fsp3) is 1.00. The fourth-order valence-electron chi connectivity index (χ4n) is 12.5. The minimum atomic E-state index is 0.571. The van der Waals surface area contributed by atoms with Gasteiger partial charge in [0.15, 0.2) is 0 Å². The molecule has 13 atom stereocenters. The average Bonchev–Trinajstić information content (AvgIpc) is 3.48. The van der Waals surface area contributed by atoms with E-state index in [1.165, 1.54) is 70.6 Å². The molecule has 0 amide bonds. The molecular weight excluding hydrogens is 475 g/mol. The molecule has 0 bridgehead atoms. The van der Waals surface area contributed by atoms with Crippen LogP contribution in [-0.2, 0) is 0 Å². The molecule has 3 heterocycles. The van der Waals surface area contributed by atoms with Crippen LogP contribution < -0.4 is 0 Å². The molecule has 0 aromatic carbocycles. The standard InChI is InChI=1S/C33H53NS2/c1-33(2)23-12-4-6-14-25(23)34(26-15-7-5-13-24(26)33)27-16-9-11-20-21-18-19-29-30(32(21)36-31(20)27)22-10-3-8-17-28(22)35-29/h20-32H,3-19H2,1-2H3. The molecule has 8 aliphatic rings. The van der Waals surface area contributed by atoms with Gasteiger partial charge >= 0.3 is 0 Å². The summed E-state index contributed by atoms with van der Waals surface area (Å²) in [4.78, 5) is 3.37. The summed E-state index contributed by atoms with van der Waals surface area (Å²) < 4.78 is 0. The Morgan fingerprint density at radius 1 is 0.500 bits per heavy atom. The van der Waals surface area contributed by atoms with Gasteiger partial charge in [-0.2, -0.15) is 23.5 Å². The Balaban J connectivity index is 1.12. The Labute approximate surface area is 230 Å². The summed E-state index contributed by atoms with van der Waals surface area (Å²) in [5.74, 6) is 6.26. The molecule has 0 aromatic rings. The van der Waals surface area contributed by atoms with Crippen molar-refractivity contribution in [3.8, 4) is 0 Å². The van der Waals surface area contributed by atoms with Crippen molar-refractivity contribution in [2.24, 2.45) is 40.9 Å². The van der Waals surface area contributed by atoms with E-state index in [4.69, 9.17) is 0 Å². The number of thioether (sulfide) groups is 2. The van der Waals surface area contributed by atoms with Crippen molar-refractivity contribution in [2.45, 2.75) is 162 Å². The third-order valence-corrected chi connectivity index (χ3v) is 17.6. The van der Waals surface area contributed by atoms with Crippen LogP contribution in [0.3, 0.4) is 0 Å². The van der Waals surface area contributed by atoms with Gasteiger partial charge in [-0.15, -0.1) is 0 Å². The molecule has 3 aliphatic heterocycles. The predicted molar refractivity (Wildman–Crippen MR) is 157 cm³/mol. The van der Waals surface area contributed by atoms with Crippen LogP contribution >= 0.6 is 23.5 Å². The van der Waals surface area contributed by atoms with Crippen LogP contribution in [-0.4, -0.2) is 44.0 Å². The summed E-state index contributed by atoms with van der Waals surface area (Å²) in [6.07, 6.45) is 26.1. The van der Waals surface area contributed by atoms with Gasteiger partial charge in [-0.1, -0.05) is 58.8 Å². The highest BCUT2D eigenvalue weighted by Gasteiger charge is 2.62. The lowest BCUT2D eigenvalue weighted by Crippen LogP contribution is -2.68. The van der Waals surface area contributed by atoms with Crippen molar-refractivity contribution in [2.75, 3.05) is 0 Å². The topological polar surface area (TPSA) is 3.24 Å². The number of rotatable bonds is 1. The molecule has 0 spiro atoms. The normalized spacial score (nSPS) is 56.0. The summed E-state index contributed by atoms with van der Waals surface area (Å²) in [6.45, 7) is 5.44. The Morgan fingerprint density at radius 3 is 1.89 bits per heavy atom. The van der Waals surface area contributed by atoms with Gasteiger partial charge in [-0.3, -0.25) is 4.90 Å². The second kappa shape index (κ2) is 9.36. The molecule has 3 heteroatoms. The summed E-state index contributed by atoms with van der Waals surface area (Å²) in [6, 6.07) is 2.75. The Kier molecular flexibility index (Phi) is 6.36. The molecule has 36 heavy (non-hydrogen) atoms. The van der Waals surface area contributed by atoms with Crippen LogP contribution in [0.15, 0.2) is 0 Å². The van der Waals surface area contributed by atoms with Crippen molar-refractivity contribution in [1.82, 2.24) is 4.90 Å². The van der Waals surface area contributed by atoms with Crippen molar-refractivity contribution in [3.63, 3.8) is 0 Å². The second-order valence-corrected chi connectivity index (χ2v) is 18.2. The smallest absolute Gasteiger partial charge is 0.0237 e. The molecule has 13 unspecified atom stereocenters. The number of fused-ring (bicyclic) bond motifs is 9. The van der Waals surface area contributed by atoms with Crippen LogP contribution in [0.4, 0.5) is 0 Å². The molecule has 0 N–H and O–H groups in total. The molecule has 8 fully saturated rings. The summed E-state index contributed by atoms with van der Waals surface area (Å²) in [7, 11) is 0. The summed E-state index contributed by atoms with van der Waals surface area (Å²) in [5.41, 5.74) is 0.571. The van der Waals surface area contributed by atoms with E-state index < -0.39 is 0 Å². The van der Waals surface area contributed by atoms with E-state index in [1.54, 1.807) is 38.5 Å². The van der Waals surface area contributed by atoms with Gasteiger partial charge < -0.3 is 0 Å². The van der Waals surface area contributed by atoms with Gasteiger partial charge in [-0.25, -0.2) is 0 Å². The lowest BCUT2D eigenvalue weighted by Gasteiger charge is -2.64. The Hall–Kier alpha value is 0.660. The summed E-state index contributed by atoms with van der Waals surface area (Å²) in [5, 5.41) is 4.09. The lowest BCUT2D eigenvalue weighted by atomic mass is 9.54. The zero-order valence-electron chi connectivity index (χ0n) is 23.3. The van der Waals surface area contributed by atoms with Crippen LogP contribution in [0, 0.1) is 40.9 Å². The fourth-order valence-corrected chi connectivity index (χ4v) is 17.2. The highest BCUT2D eigenvalue weighted by Crippen LogP contribution is 2.66. The van der Waals surface area contributed by atoms with Crippen LogP contribution in [0.1, 0.15) is 123 Å². The molecular formula is C33H53NS2. The molecule has 5 saturated carbocycles. The monoisotopic (exact) mass is 527 g/mol. The van der Waals surface area contributed by atoms with Gasteiger partial charge in [0.1, 0.15) is 0 Å². The third-order valence-electron chi connectivity index (χ3n) is 13.8. The molecule has 202 valence electrons. The van der Waals surface area contributed by atoms with Crippen molar-refractivity contribution in [1.29, 1.82) is 0 Å². The van der Waals surface area contributed by atoms with Crippen LogP contribution in [0.25, 0.3) is 0 Å². The number of piperidine rings is 1. The van der Waals surface area contributed by atoms with Crippen LogP contribution in [0.5, 0.6) is 0 Å². The van der Waals surface area contributed by atoms with Crippen molar-refractivity contribution in [3.05, 3.63) is 0 Å². The van der Waals surface area contributed by atoms with Gasteiger partial charge in [0, 0.05) is 39.1 Å². The maximum atomic E-state index is 3.37. The van der Waals surface area contributed by atoms with E-state index in [0.29, 0.717) is 5.41 Å². The first-order chi connectivity index (χ1) is 17.6. The number of hydrogen-bond donors (Lipinski definition) is 0. The number of hydrogen-bond acceptors (Lipinski definition) is 3. The lowest BCUT2D eigenvalue weighted by molar-refractivity contribution is -0.142. The third kappa shape index (κ3) is 3.59. The summed E-state index contributed by atoms with van der Waals surface area (Å²) >= 11 is 5.13. The van der Waals surface area contributed by atoms with Gasteiger partial charge in [0.05, 0.1) is 0 Å². The first-order valence-electron chi connectivity index (χ1n) is 16.7. The van der Waals surface area contributed by atoms with E-state index in [9.17, 15) is 0 Å². The van der Waals surface area contributed by atoms with E-state index in [2.05, 4.69) is 42.3 Å². The van der Waals surface area contributed by atoms with Gasteiger partial charge in [-0.05, 0) is 105 Å². The molecule has 3 saturated heterocycles. The second-order valence-electron chi connectivity index (χ2n) is 15.4. The van der Waals surface area contributed by atoms with E-state index >= 15 is 0 Å². The van der Waals surface area contributed by atoms with E-state index in [-0.39, 0.29) is 0 Å². The van der Waals surface area contributed by atoms with Gasteiger partial charge in [0.25, 0.3) is 0 Å². The molecule has 5 aliphatic carbocycles. The Morgan fingerprint density at radius 2 is 1.11 bits per heavy atom. The molecule has 8 rings (SSSR count). The highest BCUT2D eigenvalue weighted by atomic mass is 32.2. The van der Waals surface area contributed by atoms with Gasteiger partial charge in [0.2, 0.25) is 0 Å². The Bertz CT molecular complexity index is 801. The van der Waals surface area contributed by atoms with E-state index in [1.807, 2.05) is 0 Å². The molecule has 1 nitrogen and oxygen atoms in total.